The molecule has 0 bridgehead atoms. The summed E-state index contributed by atoms with van der Waals surface area (Å²) in [6.45, 7) is 4.31. The third-order valence-electron chi connectivity index (χ3n) is 5.10. The zero-order valence-corrected chi connectivity index (χ0v) is 16.6. The number of rotatable bonds is 7. The van der Waals surface area contributed by atoms with Gasteiger partial charge in [0.15, 0.2) is 0 Å². The Hall–Kier alpha value is -2.83. The van der Waals surface area contributed by atoms with Crippen molar-refractivity contribution >= 4 is 17.7 Å². The minimum atomic E-state index is 0.0852. The Bertz CT molecular complexity index is 791. The van der Waals surface area contributed by atoms with Gasteiger partial charge in [-0.2, -0.15) is 4.98 Å². The first-order valence-corrected chi connectivity index (χ1v) is 9.79. The summed E-state index contributed by atoms with van der Waals surface area (Å²) in [6, 6.07) is 9.72. The van der Waals surface area contributed by atoms with Crippen LogP contribution in [0.5, 0.6) is 5.75 Å². The average Bonchev–Trinajstić information content (AvgIpc) is 2.70. The Morgan fingerprint density at radius 2 is 2.21 bits per heavy atom. The van der Waals surface area contributed by atoms with Crippen LogP contribution in [0.2, 0.25) is 0 Å². The first kappa shape index (κ1) is 19.9. The molecule has 28 heavy (non-hydrogen) atoms. The van der Waals surface area contributed by atoms with Crippen molar-refractivity contribution < 1.29 is 9.53 Å². The highest BCUT2D eigenvalue weighted by molar-refractivity contribution is 5.75. The summed E-state index contributed by atoms with van der Waals surface area (Å²) in [4.78, 5) is 23.0. The van der Waals surface area contributed by atoms with Crippen LogP contribution in [0.15, 0.2) is 30.3 Å². The molecule has 1 aromatic carbocycles. The van der Waals surface area contributed by atoms with Crippen molar-refractivity contribution in [2.75, 3.05) is 30.8 Å². The van der Waals surface area contributed by atoms with E-state index in [1.807, 2.05) is 37.3 Å². The summed E-state index contributed by atoms with van der Waals surface area (Å²) in [5.74, 6) is 2.57. The summed E-state index contributed by atoms with van der Waals surface area (Å²) in [7, 11) is 1.64. The molecule has 0 saturated carbocycles. The fourth-order valence-electron chi connectivity index (χ4n) is 3.65. The van der Waals surface area contributed by atoms with Gasteiger partial charge in [0.1, 0.15) is 11.6 Å². The maximum Gasteiger partial charge on any atom is 0.222 e. The maximum atomic E-state index is 12.3. The number of ether oxygens (including phenoxy) is 1. The molecule has 1 saturated heterocycles. The van der Waals surface area contributed by atoms with Crippen molar-refractivity contribution in [2.45, 2.75) is 39.2 Å². The van der Waals surface area contributed by atoms with Gasteiger partial charge in [-0.15, -0.1) is 0 Å². The van der Waals surface area contributed by atoms with Crippen LogP contribution in [-0.2, 0) is 11.3 Å². The van der Waals surface area contributed by atoms with E-state index in [4.69, 9.17) is 10.5 Å². The number of aryl methyl sites for hydroxylation is 1. The van der Waals surface area contributed by atoms with E-state index >= 15 is 0 Å². The number of anilines is 2. The van der Waals surface area contributed by atoms with Crippen LogP contribution in [0, 0.1) is 12.8 Å². The average molecular weight is 383 g/mol. The van der Waals surface area contributed by atoms with Crippen LogP contribution in [0.4, 0.5) is 11.8 Å². The number of carbonyl (C=O) groups excluding carboxylic acids is 1. The van der Waals surface area contributed by atoms with Crippen LogP contribution >= 0.6 is 0 Å². The van der Waals surface area contributed by atoms with Gasteiger partial charge in [-0.1, -0.05) is 12.1 Å². The van der Waals surface area contributed by atoms with Gasteiger partial charge >= 0.3 is 0 Å². The van der Waals surface area contributed by atoms with Gasteiger partial charge in [-0.3, -0.25) is 4.79 Å². The van der Waals surface area contributed by atoms with Crippen molar-refractivity contribution in [1.29, 1.82) is 0 Å². The number of amides is 1. The first-order valence-electron chi connectivity index (χ1n) is 9.79. The molecule has 1 aliphatic rings. The van der Waals surface area contributed by atoms with E-state index in [-0.39, 0.29) is 5.91 Å². The molecule has 2 aromatic rings. The normalized spacial score (nSPS) is 16.6. The Labute approximate surface area is 166 Å². The molecule has 0 radical (unpaired) electrons. The lowest BCUT2D eigenvalue weighted by Gasteiger charge is -2.33. The minimum absolute atomic E-state index is 0.0852. The van der Waals surface area contributed by atoms with E-state index in [1.54, 1.807) is 7.11 Å². The number of aromatic nitrogens is 2. The van der Waals surface area contributed by atoms with Gasteiger partial charge in [-0.25, -0.2) is 4.98 Å². The minimum Gasteiger partial charge on any atom is -0.497 e. The predicted molar refractivity (Wildman–Crippen MR) is 110 cm³/mol. The van der Waals surface area contributed by atoms with Crippen molar-refractivity contribution in [1.82, 2.24) is 15.3 Å². The topological polar surface area (TPSA) is 93.4 Å². The molecular formula is C21H29N5O2. The lowest BCUT2D eigenvalue weighted by molar-refractivity contribution is -0.121. The summed E-state index contributed by atoms with van der Waals surface area (Å²) >= 11 is 0. The summed E-state index contributed by atoms with van der Waals surface area (Å²) in [6.07, 6.45) is 3.64. The van der Waals surface area contributed by atoms with Crippen LogP contribution in [-0.4, -0.2) is 36.1 Å². The van der Waals surface area contributed by atoms with Crippen LogP contribution in [0.1, 0.15) is 36.9 Å². The number of nitrogen functional groups attached to an aromatic ring is 1. The number of piperidine rings is 1. The Morgan fingerprint density at radius 3 is 3.00 bits per heavy atom. The lowest BCUT2D eigenvalue weighted by atomic mass is 9.93. The molecule has 7 heteroatoms. The first-order chi connectivity index (χ1) is 13.5. The molecular weight excluding hydrogens is 354 g/mol. The van der Waals surface area contributed by atoms with Gasteiger partial charge in [-0.05, 0) is 49.8 Å². The Balaban J connectivity index is 1.46. The molecule has 7 nitrogen and oxygen atoms in total. The number of carbonyl (C=O) groups is 1. The molecule has 1 amide bonds. The van der Waals surface area contributed by atoms with Crippen molar-refractivity contribution in [3.05, 3.63) is 41.6 Å². The zero-order valence-electron chi connectivity index (χ0n) is 16.6. The number of benzene rings is 1. The highest BCUT2D eigenvalue weighted by Crippen LogP contribution is 2.25. The third kappa shape index (κ3) is 5.58. The molecule has 1 fully saturated rings. The second-order valence-corrected chi connectivity index (χ2v) is 7.35. The maximum absolute atomic E-state index is 12.3. The molecule has 0 aliphatic carbocycles. The monoisotopic (exact) mass is 383 g/mol. The van der Waals surface area contributed by atoms with Crippen molar-refractivity contribution in [3.63, 3.8) is 0 Å². The SMILES string of the molecule is COc1cccc(CNC(=O)CC[C@@H]2CCCN(c3cc(C)nc(N)n3)C2)c1. The van der Waals surface area contributed by atoms with E-state index in [1.165, 1.54) is 0 Å². The molecule has 0 spiro atoms. The second-order valence-electron chi connectivity index (χ2n) is 7.35. The van der Waals surface area contributed by atoms with Crippen LogP contribution in [0.25, 0.3) is 0 Å². The quantitative estimate of drug-likeness (QED) is 0.764. The fraction of sp³-hybridized carbons (Fsp3) is 0.476. The lowest BCUT2D eigenvalue weighted by Crippen LogP contribution is -2.36. The van der Waals surface area contributed by atoms with Gasteiger partial charge in [0.25, 0.3) is 0 Å². The van der Waals surface area contributed by atoms with E-state index in [0.717, 1.165) is 55.2 Å². The van der Waals surface area contributed by atoms with E-state index in [9.17, 15) is 4.79 Å². The van der Waals surface area contributed by atoms with Crippen LogP contribution < -0.4 is 20.7 Å². The largest absolute Gasteiger partial charge is 0.497 e. The molecule has 1 atom stereocenters. The molecule has 2 heterocycles. The molecule has 3 rings (SSSR count). The summed E-state index contributed by atoms with van der Waals surface area (Å²) in [5.41, 5.74) is 7.70. The standard InChI is InChI=1S/C21H29N5O2/c1-15-11-19(25-21(22)24-15)26-10-4-6-16(14-26)8-9-20(27)23-13-17-5-3-7-18(12-17)28-2/h3,5,7,11-12,16H,4,6,8-10,13-14H2,1-2H3,(H,23,27)(H2,22,24,25)/t16-/m0/s1. The second kappa shape index (κ2) is 9.39. The van der Waals surface area contributed by atoms with Crippen LogP contribution in [0.3, 0.4) is 0 Å². The molecule has 1 aromatic heterocycles. The number of hydrogen-bond donors (Lipinski definition) is 2. The molecule has 0 unspecified atom stereocenters. The Kier molecular flexibility index (Phi) is 6.68. The van der Waals surface area contributed by atoms with Gasteiger partial charge in [0, 0.05) is 37.8 Å². The Morgan fingerprint density at radius 1 is 1.36 bits per heavy atom. The number of hydrogen-bond acceptors (Lipinski definition) is 6. The van der Waals surface area contributed by atoms with Crippen molar-refractivity contribution in [3.8, 4) is 5.75 Å². The third-order valence-corrected chi connectivity index (χ3v) is 5.10. The fourth-order valence-corrected chi connectivity index (χ4v) is 3.65. The number of methoxy groups -OCH3 is 1. The van der Waals surface area contributed by atoms with Gasteiger partial charge in [0.05, 0.1) is 7.11 Å². The zero-order chi connectivity index (χ0) is 19.9. The van der Waals surface area contributed by atoms with Gasteiger partial charge < -0.3 is 20.7 Å². The predicted octanol–water partition coefficient (Wildman–Crippen LogP) is 2.69. The summed E-state index contributed by atoms with van der Waals surface area (Å²) < 4.78 is 5.22. The van der Waals surface area contributed by atoms with E-state index in [0.29, 0.717) is 24.8 Å². The van der Waals surface area contributed by atoms with E-state index in [2.05, 4.69) is 20.2 Å². The number of nitrogens with two attached hydrogens (primary N) is 1. The number of nitrogens with zero attached hydrogens (tertiary/aromatic N) is 3. The smallest absolute Gasteiger partial charge is 0.222 e. The molecule has 3 N–H and O–H groups in total. The number of nitrogens with one attached hydrogen (secondary N) is 1. The molecule has 1 aliphatic heterocycles. The van der Waals surface area contributed by atoms with E-state index < -0.39 is 0 Å². The van der Waals surface area contributed by atoms with Gasteiger partial charge in [0.2, 0.25) is 11.9 Å². The van der Waals surface area contributed by atoms with Crippen molar-refractivity contribution in [2.24, 2.45) is 5.92 Å². The molecule has 150 valence electrons. The highest BCUT2D eigenvalue weighted by atomic mass is 16.5. The summed E-state index contributed by atoms with van der Waals surface area (Å²) in [5, 5.41) is 3.00. The highest BCUT2D eigenvalue weighted by Gasteiger charge is 2.22.